The van der Waals surface area contributed by atoms with Crippen LogP contribution < -0.4 is 5.32 Å². The van der Waals surface area contributed by atoms with Crippen LogP contribution in [0.1, 0.15) is 16.8 Å². The van der Waals surface area contributed by atoms with Crippen molar-refractivity contribution in [1.82, 2.24) is 5.32 Å². The minimum Gasteiger partial charge on any atom is -0.351 e. The summed E-state index contributed by atoms with van der Waals surface area (Å²) in [7, 11) is 0. The second-order valence-electron chi connectivity index (χ2n) is 2.76. The van der Waals surface area contributed by atoms with Gasteiger partial charge in [0.1, 0.15) is 0 Å². The summed E-state index contributed by atoms with van der Waals surface area (Å²) in [6, 6.07) is 7.07. The normalized spacial score (nSPS) is 9.14. The van der Waals surface area contributed by atoms with Crippen LogP contribution in [0.2, 0.25) is 0 Å². The van der Waals surface area contributed by atoms with Gasteiger partial charge in [0.2, 0.25) is 0 Å². The maximum Gasteiger partial charge on any atom is 0.251 e. The second kappa shape index (κ2) is 5.36. The first kappa shape index (κ1) is 10.7. The molecule has 0 unspecified atom stereocenters. The van der Waals surface area contributed by atoms with Crippen molar-refractivity contribution in [1.29, 1.82) is 0 Å². The first-order valence-electron chi connectivity index (χ1n) is 4.24. The van der Waals surface area contributed by atoms with Gasteiger partial charge >= 0.3 is 0 Å². The van der Waals surface area contributed by atoms with Crippen molar-refractivity contribution in [3.05, 3.63) is 29.8 Å². The molecular weight excluding hydrogens is 194 g/mol. The summed E-state index contributed by atoms with van der Waals surface area (Å²) in [6.45, 7) is 0.506. The monoisotopic (exact) mass is 205 g/mol. The van der Waals surface area contributed by atoms with Crippen LogP contribution in [0.15, 0.2) is 29.2 Å². The van der Waals surface area contributed by atoms with Crippen molar-refractivity contribution < 1.29 is 4.79 Å². The molecule has 0 aliphatic heterocycles. The molecule has 0 aliphatic carbocycles. The zero-order valence-electron chi connectivity index (χ0n) is 7.66. The predicted octanol–water partition coefficient (Wildman–Crippen LogP) is 1.73. The third kappa shape index (κ3) is 3.15. The highest BCUT2D eigenvalue weighted by atomic mass is 32.1. The van der Waals surface area contributed by atoms with Crippen LogP contribution in [-0.4, -0.2) is 12.5 Å². The second-order valence-corrected chi connectivity index (χ2v) is 3.28. The summed E-state index contributed by atoms with van der Waals surface area (Å²) in [5.74, 6) is 2.34. The topological polar surface area (TPSA) is 29.1 Å². The molecule has 0 atom stereocenters. The number of carbonyl (C=O) groups is 1. The van der Waals surface area contributed by atoms with E-state index in [1.165, 1.54) is 0 Å². The van der Waals surface area contributed by atoms with Gasteiger partial charge in [-0.15, -0.1) is 25.0 Å². The minimum atomic E-state index is -0.115. The minimum absolute atomic E-state index is 0.115. The largest absolute Gasteiger partial charge is 0.351 e. The molecule has 3 heteroatoms. The quantitative estimate of drug-likeness (QED) is 0.439. The molecule has 0 aliphatic rings. The number of hydrogen-bond acceptors (Lipinski definition) is 2. The fraction of sp³-hybridized carbons (Fsp3) is 0.182. The van der Waals surface area contributed by atoms with Gasteiger partial charge in [-0.1, -0.05) is 6.07 Å². The van der Waals surface area contributed by atoms with Gasteiger partial charge in [-0.2, -0.15) is 0 Å². The third-order valence-corrected chi connectivity index (χ3v) is 1.94. The highest BCUT2D eigenvalue weighted by molar-refractivity contribution is 7.80. The SMILES string of the molecule is C#CCCNC(=O)c1cccc(S)c1. The third-order valence-electron chi connectivity index (χ3n) is 1.66. The van der Waals surface area contributed by atoms with Gasteiger partial charge in [0.25, 0.3) is 5.91 Å². The molecule has 0 bridgehead atoms. The fourth-order valence-corrected chi connectivity index (χ4v) is 1.22. The lowest BCUT2D eigenvalue weighted by Gasteiger charge is -2.02. The summed E-state index contributed by atoms with van der Waals surface area (Å²) in [6.07, 6.45) is 5.61. The summed E-state index contributed by atoms with van der Waals surface area (Å²) in [5, 5.41) is 2.71. The Balaban J connectivity index is 2.57. The molecular formula is C11H11NOS. The van der Waals surface area contributed by atoms with E-state index in [0.717, 1.165) is 4.90 Å². The van der Waals surface area contributed by atoms with Crippen LogP contribution in [0, 0.1) is 12.3 Å². The molecule has 0 spiro atoms. The van der Waals surface area contributed by atoms with Gasteiger partial charge < -0.3 is 5.32 Å². The summed E-state index contributed by atoms with van der Waals surface area (Å²) in [5.41, 5.74) is 0.606. The molecule has 2 nitrogen and oxygen atoms in total. The molecule has 14 heavy (non-hydrogen) atoms. The van der Waals surface area contributed by atoms with Crippen molar-refractivity contribution in [3.63, 3.8) is 0 Å². The summed E-state index contributed by atoms with van der Waals surface area (Å²) in [4.78, 5) is 12.2. The van der Waals surface area contributed by atoms with E-state index in [9.17, 15) is 4.79 Å². The first-order valence-corrected chi connectivity index (χ1v) is 4.69. The Morgan fingerprint density at radius 2 is 2.36 bits per heavy atom. The van der Waals surface area contributed by atoms with E-state index >= 15 is 0 Å². The van der Waals surface area contributed by atoms with Crippen LogP contribution in [0.3, 0.4) is 0 Å². The average molecular weight is 205 g/mol. The molecule has 1 aromatic rings. The van der Waals surface area contributed by atoms with Gasteiger partial charge in [-0.25, -0.2) is 0 Å². The Morgan fingerprint density at radius 1 is 1.57 bits per heavy atom. The first-order chi connectivity index (χ1) is 6.74. The van der Waals surface area contributed by atoms with Crippen LogP contribution in [0.4, 0.5) is 0 Å². The van der Waals surface area contributed by atoms with Crippen LogP contribution >= 0.6 is 12.6 Å². The lowest BCUT2D eigenvalue weighted by molar-refractivity contribution is 0.0954. The molecule has 1 N–H and O–H groups in total. The van der Waals surface area contributed by atoms with Gasteiger partial charge in [-0.3, -0.25) is 4.79 Å². The Bertz CT molecular complexity index is 368. The number of rotatable bonds is 3. The molecule has 1 rings (SSSR count). The highest BCUT2D eigenvalue weighted by Crippen LogP contribution is 2.08. The fourth-order valence-electron chi connectivity index (χ4n) is 0.997. The van der Waals surface area contributed by atoms with E-state index in [1.807, 2.05) is 6.07 Å². The van der Waals surface area contributed by atoms with E-state index in [0.29, 0.717) is 18.5 Å². The summed E-state index contributed by atoms with van der Waals surface area (Å²) >= 11 is 4.15. The Morgan fingerprint density at radius 3 is 3.00 bits per heavy atom. The van der Waals surface area contributed by atoms with Crippen molar-refractivity contribution in [2.45, 2.75) is 11.3 Å². The molecule has 1 aromatic carbocycles. The van der Waals surface area contributed by atoms with E-state index in [-0.39, 0.29) is 5.91 Å². The molecule has 0 saturated heterocycles. The summed E-state index contributed by atoms with van der Waals surface area (Å²) < 4.78 is 0. The average Bonchev–Trinajstić information content (AvgIpc) is 2.18. The van der Waals surface area contributed by atoms with E-state index in [1.54, 1.807) is 18.2 Å². The number of amides is 1. The number of nitrogens with one attached hydrogen (secondary N) is 1. The van der Waals surface area contributed by atoms with Crippen LogP contribution in [-0.2, 0) is 0 Å². The maximum atomic E-state index is 11.5. The van der Waals surface area contributed by atoms with Crippen molar-refractivity contribution in [2.24, 2.45) is 0 Å². The molecule has 0 saturated carbocycles. The molecule has 0 aromatic heterocycles. The highest BCUT2D eigenvalue weighted by Gasteiger charge is 2.03. The Labute approximate surface area is 89.1 Å². The zero-order chi connectivity index (χ0) is 10.4. The van der Waals surface area contributed by atoms with Crippen molar-refractivity contribution >= 4 is 18.5 Å². The number of hydrogen-bond donors (Lipinski definition) is 2. The number of carbonyl (C=O) groups excluding carboxylic acids is 1. The lowest BCUT2D eigenvalue weighted by atomic mass is 10.2. The van der Waals surface area contributed by atoms with E-state index in [2.05, 4.69) is 23.9 Å². The standard InChI is InChI=1S/C11H11NOS/c1-2-3-7-12-11(13)9-5-4-6-10(14)8-9/h1,4-6,8,14H,3,7H2,(H,12,13). The Kier molecular flexibility index (Phi) is 4.09. The van der Waals surface area contributed by atoms with E-state index in [4.69, 9.17) is 6.42 Å². The van der Waals surface area contributed by atoms with Crippen LogP contribution in [0.5, 0.6) is 0 Å². The lowest BCUT2D eigenvalue weighted by Crippen LogP contribution is -2.24. The molecule has 1 amide bonds. The Hall–Kier alpha value is -1.40. The number of benzene rings is 1. The molecule has 0 radical (unpaired) electrons. The molecule has 0 heterocycles. The smallest absolute Gasteiger partial charge is 0.251 e. The van der Waals surface area contributed by atoms with Gasteiger partial charge in [-0.05, 0) is 18.2 Å². The number of thiol groups is 1. The van der Waals surface area contributed by atoms with Crippen molar-refractivity contribution in [3.8, 4) is 12.3 Å². The van der Waals surface area contributed by atoms with Gasteiger partial charge in [0, 0.05) is 23.4 Å². The van der Waals surface area contributed by atoms with Gasteiger partial charge in [0.05, 0.1) is 0 Å². The molecule has 72 valence electrons. The van der Waals surface area contributed by atoms with E-state index < -0.39 is 0 Å². The zero-order valence-corrected chi connectivity index (χ0v) is 8.55. The van der Waals surface area contributed by atoms with Gasteiger partial charge in [0.15, 0.2) is 0 Å². The van der Waals surface area contributed by atoms with Crippen molar-refractivity contribution in [2.75, 3.05) is 6.54 Å². The maximum absolute atomic E-state index is 11.5. The molecule has 0 fully saturated rings. The predicted molar refractivity (Wildman–Crippen MR) is 59.5 cm³/mol. The number of terminal acetylenes is 1. The van der Waals surface area contributed by atoms with Crippen LogP contribution in [0.25, 0.3) is 0 Å².